The average molecular weight is 393 g/mol. The van der Waals surface area contributed by atoms with E-state index in [1.807, 2.05) is 6.92 Å². The summed E-state index contributed by atoms with van der Waals surface area (Å²) in [4.78, 5) is 38.5. The van der Waals surface area contributed by atoms with E-state index in [-0.39, 0.29) is 29.2 Å². The second-order valence-electron chi connectivity index (χ2n) is 6.88. The van der Waals surface area contributed by atoms with Crippen molar-refractivity contribution >= 4 is 27.6 Å². The lowest BCUT2D eigenvalue weighted by atomic mass is 9.92. The zero-order valence-corrected chi connectivity index (χ0v) is 15.9. The molecule has 2 N–H and O–H groups in total. The third-order valence-corrected chi connectivity index (χ3v) is 6.63. The Hall–Kier alpha value is -2.42. The van der Waals surface area contributed by atoms with Crippen LogP contribution in [0.5, 0.6) is 0 Å². The van der Waals surface area contributed by atoms with Gasteiger partial charge in [-0.1, -0.05) is 25.1 Å². The first-order valence-electron chi connectivity index (χ1n) is 9.00. The quantitative estimate of drug-likeness (QED) is 0.722. The molecule has 0 aliphatic carbocycles. The van der Waals surface area contributed by atoms with E-state index in [0.717, 1.165) is 0 Å². The van der Waals surface area contributed by atoms with Crippen LogP contribution in [-0.2, 0) is 24.2 Å². The van der Waals surface area contributed by atoms with E-state index < -0.39 is 33.6 Å². The number of carbonyl (C=O) groups is 3. The molecule has 0 spiro atoms. The molecule has 9 heteroatoms. The number of piperidine rings is 1. The molecule has 3 amide bonds. The maximum atomic E-state index is 12.4. The van der Waals surface area contributed by atoms with Crippen LogP contribution in [0.2, 0.25) is 0 Å². The molecule has 0 unspecified atom stereocenters. The van der Waals surface area contributed by atoms with Gasteiger partial charge >= 0.3 is 0 Å². The molecule has 27 heavy (non-hydrogen) atoms. The first-order chi connectivity index (χ1) is 12.8. The Morgan fingerprint density at radius 2 is 1.96 bits per heavy atom. The van der Waals surface area contributed by atoms with Crippen LogP contribution < -0.4 is 10.6 Å². The van der Waals surface area contributed by atoms with Gasteiger partial charge in [-0.15, -0.1) is 0 Å². The van der Waals surface area contributed by atoms with Crippen molar-refractivity contribution in [2.24, 2.45) is 0 Å². The van der Waals surface area contributed by atoms with E-state index in [4.69, 9.17) is 0 Å². The summed E-state index contributed by atoms with van der Waals surface area (Å²) in [7, 11) is -3.72. The third kappa shape index (κ3) is 4.13. The van der Waals surface area contributed by atoms with E-state index >= 15 is 0 Å². The second-order valence-corrected chi connectivity index (χ2v) is 8.87. The minimum atomic E-state index is -3.72. The molecule has 0 radical (unpaired) electrons. The number of nitrogens with zero attached hydrogens (tertiary/aromatic N) is 1. The molecule has 3 rings (SSSR count). The van der Waals surface area contributed by atoms with E-state index in [9.17, 15) is 22.8 Å². The Kier molecular flexibility index (Phi) is 5.50. The molecule has 2 heterocycles. The van der Waals surface area contributed by atoms with Crippen molar-refractivity contribution < 1.29 is 22.8 Å². The highest BCUT2D eigenvalue weighted by Crippen LogP contribution is 2.23. The first-order valence-corrected chi connectivity index (χ1v) is 10.6. The highest BCUT2D eigenvalue weighted by atomic mass is 32.2. The molecule has 2 aliphatic rings. The van der Waals surface area contributed by atoms with Crippen molar-refractivity contribution in [1.29, 1.82) is 0 Å². The van der Waals surface area contributed by atoms with Crippen LogP contribution >= 0.6 is 0 Å². The summed E-state index contributed by atoms with van der Waals surface area (Å²) in [6.07, 6.45) is 1.31. The molecule has 8 nitrogen and oxygen atoms in total. The molecule has 0 saturated carbocycles. The number of sulfone groups is 1. The van der Waals surface area contributed by atoms with Crippen LogP contribution in [0.15, 0.2) is 35.2 Å². The normalized spacial score (nSPS) is 25.5. The highest BCUT2D eigenvalue weighted by Gasteiger charge is 2.43. The maximum Gasteiger partial charge on any atom is 0.245 e. The molecule has 146 valence electrons. The number of carbonyl (C=O) groups excluding carboxylic acids is 3. The fourth-order valence-corrected chi connectivity index (χ4v) is 4.74. The van der Waals surface area contributed by atoms with Crippen molar-refractivity contribution in [3.63, 3.8) is 0 Å². The number of hydrogen-bond acceptors (Lipinski definition) is 5. The number of amides is 3. The number of hydrogen-bond donors (Lipinski definition) is 2. The van der Waals surface area contributed by atoms with Gasteiger partial charge in [0.15, 0.2) is 9.84 Å². The Morgan fingerprint density at radius 3 is 2.63 bits per heavy atom. The minimum absolute atomic E-state index is 0.0952. The molecule has 2 aliphatic heterocycles. The van der Waals surface area contributed by atoms with Crippen LogP contribution in [0.3, 0.4) is 0 Å². The van der Waals surface area contributed by atoms with Crippen molar-refractivity contribution in [3.8, 4) is 0 Å². The minimum Gasteiger partial charge on any atom is -0.352 e. The molecule has 1 aromatic carbocycles. The lowest BCUT2D eigenvalue weighted by molar-refractivity contribution is -0.151. The largest absolute Gasteiger partial charge is 0.352 e. The lowest BCUT2D eigenvalue weighted by Crippen LogP contribution is -2.66. The number of benzene rings is 1. The Balaban J connectivity index is 1.60. The van der Waals surface area contributed by atoms with Crippen LogP contribution in [-0.4, -0.2) is 61.5 Å². The zero-order valence-electron chi connectivity index (χ0n) is 15.1. The number of piperazine rings is 1. The molecule has 2 saturated heterocycles. The summed E-state index contributed by atoms with van der Waals surface area (Å²) >= 11 is 0. The molecule has 1 aromatic rings. The van der Waals surface area contributed by atoms with Gasteiger partial charge in [-0.3, -0.25) is 14.4 Å². The van der Waals surface area contributed by atoms with Gasteiger partial charge in [0.1, 0.15) is 17.8 Å². The molecule has 0 aromatic heterocycles. The molecule has 2 fully saturated rings. The number of nitrogens with one attached hydrogen (secondary N) is 2. The van der Waals surface area contributed by atoms with E-state index in [2.05, 4.69) is 10.6 Å². The number of fused-ring (bicyclic) bond motifs is 1. The predicted octanol–water partition coefficient (Wildman–Crippen LogP) is -0.155. The molecule has 3 atom stereocenters. The van der Waals surface area contributed by atoms with Crippen LogP contribution in [0, 0.1) is 0 Å². The summed E-state index contributed by atoms with van der Waals surface area (Å²) in [5, 5.41) is 5.41. The summed E-state index contributed by atoms with van der Waals surface area (Å²) in [6.45, 7) is 2.20. The van der Waals surface area contributed by atoms with Crippen LogP contribution in [0.25, 0.3) is 0 Å². The topological polar surface area (TPSA) is 113 Å². The zero-order chi connectivity index (χ0) is 19.6. The third-order valence-electron chi connectivity index (χ3n) is 5.00. The maximum absolute atomic E-state index is 12.4. The fraction of sp³-hybridized carbons (Fsp3) is 0.500. The van der Waals surface area contributed by atoms with Gasteiger partial charge in [-0.05, 0) is 31.4 Å². The van der Waals surface area contributed by atoms with Gasteiger partial charge in [-0.25, -0.2) is 8.42 Å². The average Bonchev–Trinajstić information content (AvgIpc) is 2.65. The Labute approximate surface area is 158 Å². The Morgan fingerprint density at radius 1 is 1.26 bits per heavy atom. The van der Waals surface area contributed by atoms with Gasteiger partial charge < -0.3 is 15.5 Å². The number of rotatable bonds is 5. The summed E-state index contributed by atoms with van der Waals surface area (Å²) < 4.78 is 24.6. The first kappa shape index (κ1) is 19.3. The van der Waals surface area contributed by atoms with Gasteiger partial charge in [0.2, 0.25) is 17.7 Å². The van der Waals surface area contributed by atoms with Gasteiger partial charge in [0.25, 0.3) is 0 Å². The Bertz CT molecular complexity index is 840. The van der Waals surface area contributed by atoms with Crippen molar-refractivity contribution in [2.75, 3.05) is 12.3 Å². The van der Waals surface area contributed by atoms with Gasteiger partial charge in [0, 0.05) is 12.6 Å². The lowest BCUT2D eigenvalue weighted by Gasteiger charge is -2.44. The monoisotopic (exact) mass is 393 g/mol. The molecular formula is C18H23N3O5S. The standard InChI is InChI=1S/C18H23N3O5S/c1-2-14-18(24)21-9-8-12(10-15(21)17(23)20-14)19-16(22)11-27(25,26)13-6-4-3-5-7-13/h3-7,12,14-15H,2,8-11H2,1H3,(H,19,22)(H,20,23)/t12-,14-,15-/m0/s1. The molecular weight excluding hydrogens is 370 g/mol. The predicted molar refractivity (Wildman–Crippen MR) is 97.4 cm³/mol. The summed E-state index contributed by atoms with van der Waals surface area (Å²) in [6, 6.07) is 6.34. The van der Waals surface area contributed by atoms with Crippen molar-refractivity contribution in [3.05, 3.63) is 30.3 Å². The van der Waals surface area contributed by atoms with Crippen molar-refractivity contribution in [1.82, 2.24) is 15.5 Å². The fourth-order valence-electron chi connectivity index (χ4n) is 3.57. The molecule has 0 bridgehead atoms. The van der Waals surface area contributed by atoms with Crippen LogP contribution in [0.1, 0.15) is 26.2 Å². The SMILES string of the molecule is CC[C@@H]1NC(=O)[C@@H]2C[C@@H](NC(=O)CS(=O)(=O)c3ccccc3)CCN2C1=O. The van der Waals surface area contributed by atoms with Gasteiger partial charge in [0.05, 0.1) is 4.90 Å². The second kappa shape index (κ2) is 7.67. The van der Waals surface area contributed by atoms with Crippen LogP contribution in [0.4, 0.5) is 0 Å². The summed E-state index contributed by atoms with van der Waals surface area (Å²) in [5.74, 6) is -1.58. The van der Waals surface area contributed by atoms with Gasteiger partial charge in [-0.2, -0.15) is 0 Å². The smallest absolute Gasteiger partial charge is 0.245 e. The van der Waals surface area contributed by atoms with E-state index in [1.165, 1.54) is 12.1 Å². The van der Waals surface area contributed by atoms with E-state index in [0.29, 0.717) is 19.4 Å². The van der Waals surface area contributed by atoms with E-state index in [1.54, 1.807) is 23.1 Å². The highest BCUT2D eigenvalue weighted by molar-refractivity contribution is 7.92. The van der Waals surface area contributed by atoms with Crippen molar-refractivity contribution in [2.45, 2.75) is 49.2 Å². The summed E-state index contributed by atoms with van der Waals surface area (Å²) in [5.41, 5.74) is 0.